The number of ether oxygens (including phenoxy) is 1. The molecule has 2 aromatic heterocycles. The van der Waals surface area contributed by atoms with Crippen LogP contribution in [0.3, 0.4) is 0 Å². The molecule has 4 heterocycles. The lowest BCUT2D eigenvalue weighted by atomic mass is 9.86. The second kappa shape index (κ2) is 11.0. The number of likely N-dealkylation sites (tertiary alicyclic amines) is 1. The third-order valence-corrected chi connectivity index (χ3v) is 7.45. The summed E-state index contributed by atoms with van der Waals surface area (Å²) in [5.74, 6) is -0.403. The molecule has 4 rings (SSSR count). The van der Waals surface area contributed by atoms with Crippen molar-refractivity contribution in [2.45, 2.75) is 44.2 Å². The first-order valence-electron chi connectivity index (χ1n) is 11.8. The lowest BCUT2D eigenvalue weighted by Crippen LogP contribution is -2.64. The zero-order chi connectivity index (χ0) is 24.0. The Morgan fingerprint density at radius 1 is 1.18 bits per heavy atom. The van der Waals surface area contributed by atoms with Crippen LogP contribution in [0.2, 0.25) is 0 Å². The number of rotatable bonds is 6. The lowest BCUT2D eigenvalue weighted by Gasteiger charge is -2.39. The van der Waals surface area contributed by atoms with Crippen molar-refractivity contribution in [3.63, 3.8) is 0 Å². The van der Waals surface area contributed by atoms with Crippen molar-refractivity contribution in [1.29, 1.82) is 0 Å². The van der Waals surface area contributed by atoms with E-state index in [-0.39, 0.29) is 23.9 Å². The number of carbonyl (C=O) groups is 3. The summed E-state index contributed by atoms with van der Waals surface area (Å²) >= 11 is 1.36. The molecule has 2 aromatic rings. The van der Waals surface area contributed by atoms with Gasteiger partial charge < -0.3 is 25.6 Å². The highest BCUT2D eigenvalue weighted by Gasteiger charge is 2.42. The minimum absolute atomic E-state index is 0.0423. The number of thiophene rings is 1. The molecular weight excluding hydrogens is 454 g/mol. The number of hydrogen-bond donors (Lipinski definition) is 3. The molecule has 0 atom stereocenters. The molecule has 0 radical (unpaired) electrons. The number of piperidine rings is 2. The van der Waals surface area contributed by atoms with Crippen molar-refractivity contribution in [3.05, 3.63) is 41.4 Å². The Bertz CT molecular complexity index is 998. The second-order valence-corrected chi connectivity index (χ2v) is 9.68. The van der Waals surface area contributed by atoms with Crippen molar-refractivity contribution in [2.75, 3.05) is 32.8 Å². The van der Waals surface area contributed by atoms with Gasteiger partial charge in [-0.1, -0.05) is 6.07 Å². The van der Waals surface area contributed by atoms with E-state index in [0.29, 0.717) is 63.3 Å². The number of pyridine rings is 1. The highest BCUT2D eigenvalue weighted by molar-refractivity contribution is 7.17. The summed E-state index contributed by atoms with van der Waals surface area (Å²) in [7, 11) is 0. The number of aromatic nitrogens is 1. The van der Waals surface area contributed by atoms with Gasteiger partial charge in [-0.15, -0.1) is 11.3 Å². The quantitative estimate of drug-likeness (QED) is 0.579. The molecular formula is C24H31N5O4S. The van der Waals surface area contributed by atoms with Gasteiger partial charge in [-0.05, 0) is 70.0 Å². The van der Waals surface area contributed by atoms with E-state index in [9.17, 15) is 14.4 Å². The third kappa shape index (κ3) is 5.56. The van der Waals surface area contributed by atoms with Crippen LogP contribution >= 0.6 is 11.3 Å². The summed E-state index contributed by atoms with van der Waals surface area (Å²) < 4.78 is 5.07. The molecule has 182 valence electrons. The van der Waals surface area contributed by atoms with Gasteiger partial charge in [0.15, 0.2) is 0 Å². The number of carbonyl (C=O) groups excluding carboxylic acids is 3. The van der Waals surface area contributed by atoms with Crippen LogP contribution in [0.5, 0.6) is 0 Å². The summed E-state index contributed by atoms with van der Waals surface area (Å²) in [5, 5.41) is 9.47. The Morgan fingerprint density at radius 3 is 2.62 bits per heavy atom. The van der Waals surface area contributed by atoms with Crippen molar-refractivity contribution < 1.29 is 19.1 Å². The zero-order valence-corrected chi connectivity index (χ0v) is 20.2. The van der Waals surface area contributed by atoms with Crippen molar-refractivity contribution >= 4 is 29.2 Å². The largest absolute Gasteiger partial charge is 0.450 e. The van der Waals surface area contributed by atoms with Gasteiger partial charge in [-0.25, -0.2) is 4.79 Å². The Hall–Kier alpha value is -2.98. The summed E-state index contributed by atoms with van der Waals surface area (Å²) in [6, 6.07) is 9.29. The van der Waals surface area contributed by atoms with E-state index in [1.165, 1.54) is 11.3 Å². The van der Waals surface area contributed by atoms with E-state index < -0.39 is 5.54 Å². The molecule has 34 heavy (non-hydrogen) atoms. The van der Waals surface area contributed by atoms with Gasteiger partial charge in [0, 0.05) is 25.3 Å². The van der Waals surface area contributed by atoms with Crippen LogP contribution in [0.4, 0.5) is 4.79 Å². The Balaban J connectivity index is 1.40. The highest BCUT2D eigenvalue weighted by atomic mass is 32.1. The molecule has 0 aromatic carbocycles. The molecule has 2 aliphatic rings. The smallest absolute Gasteiger partial charge is 0.409 e. The van der Waals surface area contributed by atoms with E-state index in [0.717, 1.165) is 10.6 Å². The minimum atomic E-state index is -0.963. The fourth-order valence-electron chi connectivity index (χ4n) is 4.39. The monoisotopic (exact) mass is 485 g/mol. The number of nitrogens with zero attached hydrogens (tertiary/aromatic N) is 2. The summed E-state index contributed by atoms with van der Waals surface area (Å²) in [5.41, 5.74) is -0.148. The zero-order valence-electron chi connectivity index (χ0n) is 19.3. The molecule has 3 amide bonds. The van der Waals surface area contributed by atoms with E-state index in [1.54, 1.807) is 24.1 Å². The van der Waals surface area contributed by atoms with Crippen LogP contribution in [0.25, 0.3) is 10.6 Å². The molecule has 9 nitrogen and oxygen atoms in total. The molecule has 0 saturated carbocycles. The number of hydrogen-bond acceptors (Lipinski definition) is 7. The molecule has 0 aliphatic carbocycles. The summed E-state index contributed by atoms with van der Waals surface area (Å²) in [4.78, 5) is 46.0. The first kappa shape index (κ1) is 24.2. The Labute approximate surface area is 203 Å². The van der Waals surface area contributed by atoms with E-state index in [1.807, 2.05) is 24.3 Å². The van der Waals surface area contributed by atoms with Crippen LogP contribution < -0.4 is 16.0 Å². The summed E-state index contributed by atoms with van der Waals surface area (Å²) in [6.07, 6.45) is 3.77. The standard InChI is InChI=1S/C24H31N5O4S/c1-2-33-23(32)29-15-8-17(9-16-29)27-22(31)24(10-13-25-14-11-24)28-21(30)20-7-6-19(34-20)18-5-3-4-12-26-18/h3-7,12,17,25H,2,8-11,13-16H2,1H3,(H,27,31)(H,28,30). The first-order valence-corrected chi connectivity index (χ1v) is 12.6. The van der Waals surface area contributed by atoms with Gasteiger partial charge in [0.05, 0.1) is 22.1 Å². The average Bonchev–Trinajstić information content (AvgIpc) is 3.36. The second-order valence-electron chi connectivity index (χ2n) is 8.60. The van der Waals surface area contributed by atoms with Gasteiger partial charge in [0.25, 0.3) is 5.91 Å². The van der Waals surface area contributed by atoms with Crippen LogP contribution in [0.1, 0.15) is 42.3 Å². The van der Waals surface area contributed by atoms with E-state index in [2.05, 4.69) is 20.9 Å². The molecule has 0 unspecified atom stereocenters. The molecule has 0 spiro atoms. The summed E-state index contributed by atoms with van der Waals surface area (Å²) in [6.45, 7) is 4.51. The lowest BCUT2D eigenvalue weighted by molar-refractivity contribution is -0.129. The van der Waals surface area contributed by atoms with Crippen LogP contribution in [-0.2, 0) is 9.53 Å². The third-order valence-electron chi connectivity index (χ3n) is 6.35. The Kier molecular flexibility index (Phi) is 7.79. The van der Waals surface area contributed by atoms with Gasteiger partial charge >= 0.3 is 6.09 Å². The average molecular weight is 486 g/mol. The van der Waals surface area contributed by atoms with Gasteiger partial charge in [-0.2, -0.15) is 0 Å². The van der Waals surface area contributed by atoms with Crippen LogP contribution in [-0.4, -0.2) is 72.2 Å². The van der Waals surface area contributed by atoms with E-state index >= 15 is 0 Å². The van der Waals surface area contributed by atoms with E-state index in [4.69, 9.17) is 4.74 Å². The fraction of sp³-hybridized carbons (Fsp3) is 0.500. The molecule has 3 N–H and O–H groups in total. The fourth-order valence-corrected chi connectivity index (χ4v) is 5.27. The topological polar surface area (TPSA) is 113 Å². The normalized spacial score (nSPS) is 18.2. The van der Waals surface area contributed by atoms with Crippen molar-refractivity contribution in [2.24, 2.45) is 0 Å². The maximum atomic E-state index is 13.4. The SMILES string of the molecule is CCOC(=O)N1CCC(NC(=O)C2(NC(=O)c3ccc(-c4ccccn4)s3)CCNCC2)CC1. The van der Waals surface area contributed by atoms with Gasteiger partial charge in [-0.3, -0.25) is 14.6 Å². The predicted octanol–water partition coefficient (Wildman–Crippen LogP) is 2.40. The van der Waals surface area contributed by atoms with Crippen molar-refractivity contribution in [1.82, 2.24) is 25.8 Å². The number of amides is 3. The van der Waals surface area contributed by atoms with Gasteiger partial charge in [0.1, 0.15) is 5.54 Å². The highest BCUT2D eigenvalue weighted by Crippen LogP contribution is 2.28. The molecule has 2 fully saturated rings. The minimum Gasteiger partial charge on any atom is -0.450 e. The van der Waals surface area contributed by atoms with Crippen LogP contribution in [0.15, 0.2) is 36.5 Å². The van der Waals surface area contributed by atoms with Crippen molar-refractivity contribution in [3.8, 4) is 10.6 Å². The Morgan fingerprint density at radius 2 is 1.94 bits per heavy atom. The number of nitrogens with one attached hydrogen (secondary N) is 3. The first-order chi connectivity index (χ1) is 16.5. The molecule has 10 heteroatoms. The van der Waals surface area contributed by atoms with Crippen LogP contribution in [0, 0.1) is 0 Å². The predicted molar refractivity (Wildman–Crippen MR) is 130 cm³/mol. The molecule has 2 saturated heterocycles. The molecule has 0 bridgehead atoms. The maximum Gasteiger partial charge on any atom is 0.409 e. The van der Waals surface area contributed by atoms with Gasteiger partial charge in [0.2, 0.25) is 5.91 Å². The molecule has 2 aliphatic heterocycles. The maximum absolute atomic E-state index is 13.4.